The second-order valence-corrected chi connectivity index (χ2v) is 8.60. The number of anilines is 1. The molecule has 4 rings (SSSR count). The molecule has 4 aromatic rings. The molecule has 3 heterocycles. The fourth-order valence-electron chi connectivity index (χ4n) is 2.67. The van der Waals surface area contributed by atoms with Crippen LogP contribution in [-0.2, 0) is 4.79 Å². The first kappa shape index (κ1) is 20.2. The molecule has 1 amide bonds. The third-order valence-electron chi connectivity index (χ3n) is 4.10. The number of rotatable bonds is 7. The lowest BCUT2D eigenvalue weighted by atomic mass is 10.2. The van der Waals surface area contributed by atoms with Gasteiger partial charge in [-0.05, 0) is 24.3 Å². The Bertz CT molecular complexity index is 1130. The first-order chi connectivity index (χ1) is 14.6. The average molecular weight is 438 g/mol. The van der Waals surface area contributed by atoms with Crippen LogP contribution in [0.2, 0.25) is 0 Å². The molecule has 3 aromatic heterocycles. The third-order valence-corrected chi connectivity index (χ3v) is 6.17. The predicted molar refractivity (Wildman–Crippen MR) is 118 cm³/mol. The molecule has 0 aliphatic heterocycles. The summed E-state index contributed by atoms with van der Waals surface area (Å²) in [6.45, 7) is 4.08. The van der Waals surface area contributed by atoms with E-state index in [0.717, 1.165) is 16.3 Å². The maximum absolute atomic E-state index is 12.4. The number of nitrogens with zero attached hydrogens (tertiary/aromatic N) is 6. The summed E-state index contributed by atoms with van der Waals surface area (Å²) in [6.07, 6.45) is 3.43. The van der Waals surface area contributed by atoms with Crippen LogP contribution in [0.4, 0.5) is 5.13 Å². The smallest absolute Gasteiger partial charge is 0.236 e. The van der Waals surface area contributed by atoms with Gasteiger partial charge in [0.15, 0.2) is 11.0 Å². The summed E-state index contributed by atoms with van der Waals surface area (Å²) < 4.78 is 1.94. The first-order valence-corrected chi connectivity index (χ1v) is 11.1. The minimum atomic E-state index is -0.167. The topological polar surface area (TPSA) is 98.5 Å². The lowest BCUT2D eigenvalue weighted by Gasteiger charge is -2.10. The number of hydrogen-bond acceptors (Lipinski definition) is 8. The highest BCUT2D eigenvalue weighted by Crippen LogP contribution is 2.28. The summed E-state index contributed by atoms with van der Waals surface area (Å²) in [5.74, 6) is 0.980. The lowest BCUT2D eigenvalue weighted by Crippen LogP contribution is -2.14. The molecule has 1 N–H and O–H groups in total. The number of carbonyl (C=O) groups is 1. The van der Waals surface area contributed by atoms with Gasteiger partial charge in [-0.15, -0.1) is 20.4 Å². The molecular weight excluding hydrogens is 418 g/mol. The Labute approximate surface area is 181 Å². The van der Waals surface area contributed by atoms with E-state index in [9.17, 15) is 4.79 Å². The summed E-state index contributed by atoms with van der Waals surface area (Å²) >= 11 is 2.71. The van der Waals surface area contributed by atoms with Gasteiger partial charge in [0.25, 0.3) is 0 Å². The molecular formula is C20H19N7OS2. The molecule has 30 heavy (non-hydrogen) atoms. The first-order valence-electron chi connectivity index (χ1n) is 9.29. The van der Waals surface area contributed by atoms with Crippen molar-refractivity contribution in [3.8, 4) is 17.1 Å². The molecule has 0 aliphatic carbocycles. The minimum absolute atomic E-state index is 0.167. The number of pyridine rings is 1. The van der Waals surface area contributed by atoms with Gasteiger partial charge in [0.05, 0.1) is 5.75 Å². The Morgan fingerprint density at radius 3 is 2.53 bits per heavy atom. The second-order valence-electron chi connectivity index (χ2n) is 6.65. The van der Waals surface area contributed by atoms with Gasteiger partial charge in [-0.2, -0.15) is 0 Å². The Morgan fingerprint density at radius 2 is 1.83 bits per heavy atom. The van der Waals surface area contributed by atoms with Crippen LogP contribution in [0.5, 0.6) is 0 Å². The van der Waals surface area contributed by atoms with Gasteiger partial charge in [-0.25, -0.2) is 0 Å². The van der Waals surface area contributed by atoms with Crippen molar-refractivity contribution in [2.24, 2.45) is 0 Å². The molecule has 0 aliphatic rings. The third kappa shape index (κ3) is 4.55. The van der Waals surface area contributed by atoms with Crippen molar-refractivity contribution in [3.05, 3.63) is 59.9 Å². The molecule has 8 nitrogen and oxygen atoms in total. The van der Waals surface area contributed by atoms with Crippen molar-refractivity contribution in [3.63, 3.8) is 0 Å². The highest BCUT2D eigenvalue weighted by Gasteiger charge is 2.18. The van der Waals surface area contributed by atoms with Crippen LogP contribution in [-0.4, -0.2) is 41.6 Å². The summed E-state index contributed by atoms with van der Waals surface area (Å²) in [5.41, 5.74) is 1.82. The van der Waals surface area contributed by atoms with Crippen molar-refractivity contribution in [2.75, 3.05) is 11.1 Å². The summed E-state index contributed by atoms with van der Waals surface area (Å²) in [7, 11) is 0. The summed E-state index contributed by atoms with van der Waals surface area (Å²) in [6, 6.07) is 13.6. The van der Waals surface area contributed by atoms with Gasteiger partial charge in [0, 0.05) is 29.6 Å². The fourth-order valence-corrected chi connectivity index (χ4v) is 4.18. The van der Waals surface area contributed by atoms with E-state index < -0.39 is 0 Å². The van der Waals surface area contributed by atoms with E-state index in [1.54, 1.807) is 12.4 Å². The Morgan fingerprint density at radius 1 is 1.07 bits per heavy atom. The molecule has 0 bridgehead atoms. The van der Waals surface area contributed by atoms with Crippen LogP contribution >= 0.6 is 23.1 Å². The fraction of sp³-hybridized carbons (Fsp3) is 0.200. The SMILES string of the molecule is CC(C)c1nnc(NC(=O)CSc2nnc(-c3ccncc3)n2-c2ccccc2)s1. The number of thioether (sulfide) groups is 1. The van der Waals surface area contributed by atoms with Crippen molar-refractivity contribution < 1.29 is 4.79 Å². The average Bonchev–Trinajstić information content (AvgIpc) is 3.41. The standard InChI is InChI=1S/C20H19N7OS2/c1-13(2)18-24-25-19(30-18)22-16(28)12-29-20-26-23-17(14-8-10-21-11-9-14)27(20)15-6-4-3-5-7-15/h3-11,13H,12H2,1-2H3,(H,22,25,28). The van der Waals surface area contributed by atoms with Crippen molar-refractivity contribution >= 4 is 34.1 Å². The number of para-hydroxylation sites is 1. The molecule has 0 spiro atoms. The number of aromatic nitrogens is 6. The van der Waals surface area contributed by atoms with Crippen molar-refractivity contribution in [1.29, 1.82) is 0 Å². The number of carbonyl (C=O) groups excluding carboxylic acids is 1. The zero-order chi connectivity index (χ0) is 20.9. The summed E-state index contributed by atoms with van der Waals surface area (Å²) in [4.78, 5) is 16.5. The highest BCUT2D eigenvalue weighted by molar-refractivity contribution is 7.99. The van der Waals surface area contributed by atoms with Gasteiger partial charge in [0.1, 0.15) is 5.01 Å². The monoisotopic (exact) mass is 437 g/mol. The molecule has 0 atom stereocenters. The molecule has 0 radical (unpaired) electrons. The number of benzene rings is 1. The Kier molecular flexibility index (Phi) is 6.15. The highest BCUT2D eigenvalue weighted by atomic mass is 32.2. The van der Waals surface area contributed by atoms with Crippen LogP contribution in [0.3, 0.4) is 0 Å². The van der Waals surface area contributed by atoms with E-state index in [4.69, 9.17) is 0 Å². The molecule has 10 heteroatoms. The van der Waals surface area contributed by atoms with Crippen molar-refractivity contribution in [2.45, 2.75) is 24.9 Å². The number of nitrogens with one attached hydrogen (secondary N) is 1. The van der Waals surface area contributed by atoms with Gasteiger partial charge in [-0.3, -0.25) is 19.7 Å². The minimum Gasteiger partial charge on any atom is -0.300 e. The molecule has 0 fully saturated rings. The maximum Gasteiger partial charge on any atom is 0.236 e. The summed E-state index contributed by atoms with van der Waals surface area (Å²) in [5, 5.41) is 21.6. The Balaban J connectivity index is 1.54. The van der Waals surface area contributed by atoms with E-state index in [2.05, 4.69) is 30.7 Å². The Hall–Kier alpha value is -3.11. The largest absolute Gasteiger partial charge is 0.300 e. The molecule has 152 valence electrons. The van der Waals surface area contributed by atoms with E-state index in [0.29, 0.717) is 16.1 Å². The molecule has 0 saturated heterocycles. The van der Waals surface area contributed by atoms with Gasteiger partial charge < -0.3 is 0 Å². The van der Waals surface area contributed by atoms with Gasteiger partial charge in [-0.1, -0.05) is 55.1 Å². The molecule has 0 saturated carbocycles. The molecule has 0 unspecified atom stereocenters. The van der Waals surface area contributed by atoms with E-state index in [1.807, 2.05) is 60.9 Å². The molecule has 1 aromatic carbocycles. The van der Waals surface area contributed by atoms with Crippen LogP contribution in [0, 0.1) is 0 Å². The van der Waals surface area contributed by atoms with E-state index in [1.165, 1.54) is 23.1 Å². The zero-order valence-corrected chi connectivity index (χ0v) is 18.0. The normalized spacial score (nSPS) is 11.0. The van der Waals surface area contributed by atoms with E-state index >= 15 is 0 Å². The van der Waals surface area contributed by atoms with Crippen LogP contribution < -0.4 is 5.32 Å². The van der Waals surface area contributed by atoms with Crippen LogP contribution in [0.15, 0.2) is 60.0 Å². The number of hydrogen-bond donors (Lipinski definition) is 1. The van der Waals surface area contributed by atoms with Gasteiger partial charge in [0.2, 0.25) is 11.0 Å². The van der Waals surface area contributed by atoms with Gasteiger partial charge >= 0.3 is 0 Å². The zero-order valence-electron chi connectivity index (χ0n) is 16.4. The quantitative estimate of drug-likeness (QED) is 0.436. The van der Waals surface area contributed by atoms with Crippen LogP contribution in [0.25, 0.3) is 17.1 Å². The van der Waals surface area contributed by atoms with Crippen LogP contribution in [0.1, 0.15) is 24.8 Å². The van der Waals surface area contributed by atoms with E-state index in [-0.39, 0.29) is 17.6 Å². The second kappa shape index (κ2) is 9.14. The van der Waals surface area contributed by atoms with Crippen molar-refractivity contribution in [1.82, 2.24) is 29.9 Å². The predicted octanol–water partition coefficient (Wildman–Crippen LogP) is 4.04. The number of amides is 1. The lowest BCUT2D eigenvalue weighted by molar-refractivity contribution is -0.113. The maximum atomic E-state index is 12.4.